The predicted molar refractivity (Wildman–Crippen MR) is 125 cm³/mol. The molecule has 6 nitrogen and oxygen atoms in total. The van der Waals surface area contributed by atoms with Gasteiger partial charge in [0.1, 0.15) is 6.26 Å². The first-order chi connectivity index (χ1) is 16.1. The molecule has 0 aliphatic heterocycles. The molecule has 1 unspecified atom stereocenters. The van der Waals surface area contributed by atoms with Crippen LogP contribution in [0.2, 0.25) is 0 Å². The maximum atomic E-state index is 13.5. The third-order valence-electron chi connectivity index (χ3n) is 9.58. The summed E-state index contributed by atoms with van der Waals surface area (Å²) in [4.78, 5) is 38.7. The van der Waals surface area contributed by atoms with Crippen molar-refractivity contribution >= 4 is 29.1 Å². The number of carbonyl (C=O) groups is 3. The standard InChI is InChI=1S/C27H31ClO6/c1-15-10-20-19-5-4-17-11-18(29)6-8-25(17,2)23(19)21(30)12-26(20,3)27(15,22(31)13-28)34-24(32)16-7-9-33-14-16/h6-9,11,14-15,19-21,23,30H,4-5,10,12-13H2,1-3H3/t15-,19+,20+,21+,23?,25+,26+,27+/m1/s1. The predicted octanol–water partition coefficient (Wildman–Crippen LogP) is 4.51. The number of aliphatic hydroxyl groups is 1. The number of ether oxygens (including phenoxy) is 1. The first-order valence-corrected chi connectivity index (χ1v) is 12.6. The average Bonchev–Trinajstić information content (AvgIpc) is 3.40. The lowest BCUT2D eigenvalue weighted by molar-refractivity contribution is -0.181. The van der Waals surface area contributed by atoms with Crippen molar-refractivity contribution in [2.75, 3.05) is 5.88 Å². The Morgan fingerprint density at radius 2 is 2.09 bits per heavy atom. The average molecular weight is 487 g/mol. The number of hydrogen-bond acceptors (Lipinski definition) is 6. The fraction of sp³-hybridized carbons (Fsp3) is 0.593. The fourth-order valence-corrected chi connectivity index (χ4v) is 8.40. The van der Waals surface area contributed by atoms with E-state index in [2.05, 4.69) is 6.92 Å². The number of alkyl halides is 1. The Kier molecular flexibility index (Phi) is 5.49. The minimum absolute atomic E-state index is 0.00608. The number of allylic oxidation sites excluding steroid dienone is 4. The van der Waals surface area contributed by atoms with Gasteiger partial charge in [0.2, 0.25) is 0 Å². The number of Topliss-reactive ketones (excluding diaryl/α,β-unsaturated/α-hetero) is 1. The quantitative estimate of drug-likeness (QED) is 0.497. The minimum atomic E-state index is -1.44. The van der Waals surface area contributed by atoms with E-state index in [-0.39, 0.29) is 46.7 Å². The van der Waals surface area contributed by atoms with Gasteiger partial charge < -0.3 is 14.3 Å². The summed E-state index contributed by atoms with van der Waals surface area (Å²) in [5.74, 6) is -1.37. The molecular weight excluding hydrogens is 456 g/mol. The summed E-state index contributed by atoms with van der Waals surface area (Å²) in [6, 6.07) is 1.51. The van der Waals surface area contributed by atoms with E-state index in [9.17, 15) is 19.5 Å². The summed E-state index contributed by atoms with van der Waals surface area (Å²) in [6.45, 7) is 6.05. The van der Waals surface area contributed by atoms with E-state index >= 15 is 0 Å². The van der Waals surface area contributed by atoms with Gasteiger partial charge in [0.05, 0.1) is 23.8 Å². The maximum Gasteiger partial charge on any atom is 0.342 e. The largest absolute Gasteiger partial charge is 0.472 e. The van der Waals surface area contributed by atoms with Crippen LogP contribution in [0.25, 0.3) is 0 Å². The number of esters is 1. The molecule has 4 aliphatic carbocycles. The number of aliphatic hydroxyl groups excluding tert-OH is 1. The van der Waals surface area contributed by atoms with E-state index in [1.165, 1.54) is 18.6 Å². The molecule has 7 heteroatoms. The molecule has 1 N–H and O–H groups in total. The monoisotopic (exact) mass is 486 g/mol. The van der Waals surface area contributed by atoms with Crippen LogP contribution in [0.4, 0.5) is 0 Å². The highest BCUT2D eigenvalue weighted by Gasteiger charge is 2.72. The van der Waals surface area contributed by atoms with Crippen LogP contribution in [0.1, 0.15) is 56.8 Å². The van der Waals surface area contributed by atoms with Gasteiger partial charge in [-0.2, -0.15) is 0 Å². The zero-order valence-electron chi connectivity index (χ0n) is 19.8. The highest BCUT2D eigenvalue weighted by atomic mass is 35.5. The Morgan fingerprint density at radius 3 is 2.76 bits per heavy atom. The van der Waals surface area contributed by atoms with Gasteiger partial charge >= 0.3 is 5.97 Å². The van der Waals surface area contributed by atoms with Gasteiger partial charge in [0, 0.05) is 22.7 Å². The summed E-state index contributed by atoms with van der Waals surface area (Å²) in [5, 5.41) is 11.6. The molecule has 4 aliphatic rings. The number of hydrogen-bond donors (Lipinski definition) is 1. The number of furan rings is 1. The maximum absolute atomic E-state index is 13.5. The van der Waals surface area contributed by atoms with Crippen molar-refractivity contribution in [3.63, 3.8) is 0 Å². The molecule has 1 heterocycles. The normalized spacial score (nSPS) is 42.9. The van der Waals surface area contributed by atoms with E-state index in [0.717, 1.165) is 18.4 Å². The second-order valence-corrected chi connectivity index (χ2v) is 11.3. The Balaban J connectivity index is 1.57. The van der Waals surface area contributed by atoms with E-state index in [4.69, 9.17) is 20.8 Å². The molecule has 34 heavy (non-hydrogen) atoms. The SMILES string of the molecule is C[C@@H]1C[C@H]2[C@@H]3CCC4=CC(=O)C=C[C@]4(C)C3[C@@H](O)C[C@]2(C)[C@@]1(OC(=O)c1ccoc1)C(=O)CCl. The number of carbonyl (C=O) groups excluding carboxylic acids is 3. The van der Waals surface area contributed by atoms with E-state index in [0.29, 0.717) is 12.8 Å². The number of fused-ring (bicyclic) bond motifs is 5. The number of halogens is 1. The van der Waals surface area contributed by atoms with E-state index in [1.54, 1.807) is 12.2 Å². The third-order valence-corrected chi connectivity index (χ3v) is 9.82. The molecule has 0 aromatic carbocycles. The first-order valence-electron chi connectivity index (χ1n) is 12.1. The number of rotatable bonds is 4. The molecule has 5 rings (SSSR count). The number of ketones is 2. The molecule has 3 saturated carbocycles. The lowest BCUT2D eigenvalue weighted by Gasteiger charge is -2.60. The molecule has 0 radical (unpaired) electrons. The van der Waals surface area contributed by atoms with E-state index in [1.807, 2.05) is 19.9 Å². The smallest absolute Gasteiger partial charge is 0.342 e. The molecule has 1 aromatic heterocycles. The zero-order chi connectivity index (χ0) is 24.5. The zero-order valence-corrected chi connectivity index (χ0v) is 20.5. The second kappa shape index (κ2) is 7.92. The van der Waals surface area contributed by atoms with Gasteiger partial charge in [0.15, 0.2) is 17.2 Å². The molecular formula is C27H31ClO6. The highest BCUT2D eigenvalue weighted by Crippen LogP contribution is 2.69. The molecule has 1 aromatic rings. The van der Waals surface area contributed by atoms with Crippen LogP contribution < -0.4 is 0 Å². The van der Waals surface area contributed by atoms with Gasteiger partial charge in [-0.05, 0) is 55.7 Å². The van der Waals surface area contributed by atoms with Gasteiger partial charge in [-0.1, -0.05) is 32.4 Å². The van der Waals surface area contributed by atoms with Crippen molar-refractivity contribution in [1.29, 1.82) is 0 Å². The Bertz CT molecular complexity index is 1090. The van der Waals surface area contributed by atoms with Crippen molar-refractivity contribution in [2.24, 2.45) is 34.5 Å². The molecule has 0 bridgehead atoms. The lowest BCUT2D eigenvalue weighted by Crippen LogP contribution is -2.64. The van der Waals surface area contributed by atoms with Gasteiger partial charge in [-0.15, -0.1) is 11.6 Å². The van der Waals surface area contributed by atoms with Gasteiger partial charge in [0.25, 0.3) is 0 Å². The van der Waals surface area contributed by atoms with Crippen molar-refractivity contribution in [2.45, 2.75) is 58.2 Å². The van der Waals surface area contributed by atoms with Crippen molar-refractivity contribution in [3.8, 4) is 0 Å². The molecule has 182 valence electrons. The Hall–Kier alpha value is -2.18. The summed E-state index contributed by atoms with van der Waals surface area (Å²) in [6.07, 6.45) is 9.86. The summed E-state index contributed by atoms with van der Waals surface area (Å²) in [7, 11) is 0. The first kappa shape index (κ1) is 23.6. The van der Waals surface area contributed by atoms with E-state index < -0.39 is 28.5 Å². The van der Waals surface area contributed by atoms with Crippen LogP contribution in [0, 0.1) is 34.5 Å². The summed E-state index contributed by atoms with van der Waals surface area (Å²) in [5.41, 5.74) is -1.30. The molecule has 3 fully saturated rings. The van der Waals surface area contributed by atoms with Crippen LogP contribution in [0.15, 0.2) is 46.8 Å². The minimum Gasteiger partial charge on any atom is -0.472 e. The van der Waals surface area contributed by atoms with Crippen LogP contribution >= 0.6 is 11.6 Å². The third kappa shape index (κ3) is 3.00. The van der Waals surface area contributed by atoms with Gasteiger partial charge in [-0.3, -0.25) is 9.59 Å². The second-order valence-electron chi connectivity index (χ2n) is 11.0. The van der Waals surface area contributed by atoms with Crippen molar-refractivity contribution in [1.82, 2.24) is 0 Å². The molecule has 0 saturated heterocycles. The Morgan fingerprint density at radius 1 is 1.32 bits per heavy atom. The topological polar surface area (TPSA) is 93.8 Å². The van der Waals surface area contributed by atoms with Crippen molar-refractivity contribution < 1.29 is 28.6 Å². The fourth-order valence-electron chi connectivity index (χ4n) is 8.20. The van der Waals surface area contributed by atoms with Crippen molar-refractivity contribution in [3.05, 3.63) is 48.0 Å². The molecule has 8 atom stereocenters. The molecule has 0 spiro atoms. The van der Waals surface area contributed by atoms with Crippen LogP contribution in [-0.4, -0.2) is 40.2 Å². The molecule has 0 amide bonds. The van der Waals surface area contributed by atoms with Crippen LogP contribution in [0.5, 0.6) is 0 Å². The summed E-state index contributed by atoms with van der Waals surface area (Å²) >= 11 is 6.12. The highest BCUT2D eigenvalue weighted by molar-refractivity contribution is 6.29. The van der Waals surface area contributed by atoms with Crippen LogP contribution in [0.3, 0.4) is 0 Å². The summed E-state index contributed by atoms with van der Waals surface area (Å²) < 4.78 is 11.2. The van der Waals surface area contributed by atoms with Gasteiger partial charge in [-0.25, -0.2) is 4.79 Å². The Labute approximate surface area is 204 Å². The van der Waals surface area contributed by atoms with Crippen LogP contribution in [-0.2, 0) is 14.3 Å². The lowest BCUT2D eigenvalue weighted by atomic mass is 9.46.